The standard InChI is InChI=1S/C15H16N4O2S2/c1-2-13-17-18-15(23-13)16-12(20)7-8-19-10-5-3-4-6-11(10)22-9-14(19)21/h3-6H,2,7-9H2,1H3,(H,16,18,20). The smallest absolute Gasteiger partial charge is 0.237 e. The fourth-order valence-electron chi connectivity index (χ4n) is 2.24. The number of rotatable bonds is 5. The molecule has 2 amide bonds. The summed E-state index contributed by atoms with van der Waals surface area (Å²) in [5, 5.41) is 12.0. The minimum atomic E-state index is -0.160. The molecule has 0 atom stereocenters. The molecular weight excluding hydrogens is 332 g/mol. The number of nitrogens with zero attached hydrogens (tertiary/aromatic N) is 3. The van der Waals surface area contributed by atoms with Gasteiger partial charge in [0.1, 0.15) is 5.01 Å². The number of amides is 2. The number of thioether (sulfide) groups is 1. The van der Waals surface area contributed by atoms with Gasteiger partial charge < -0.3 is 10.2 Å². The van der Waals surface area contributed by atoms with E-state index in [1.165, 1.54) is 23.1 Å². The van der Waals surface area contributed by atoms with Gasteiger partial charge in [0.05, 0.1) is 11.4 Å². The molecule has 2 aromatic rings. The molecule has 1 aliphatic rings. The Morgan fingerprint density at radius 3 is 2.96 bits per heavy atom. The predicted octanol–water partition coefficient (Wildman–Crippen LogP) is 2.57. The molecule has 0 fully saturated rings. The molecule has 0 unspecified atom stereocenters. The monoisotopic (exact) mass is 348 g/mol. The first-order valence-corrected chi connectivity index (χ1v) is 9.12. The van der Waals surface area contributed by atoms with Crippen LogP contribution in [0.4, 0.5) is 10.8 Å². The highest BCUT2D eigenvalue weighted by Gasteiger charge is 2.24. The molecule has 2 heterocycles. The number of carbonyl (C=O) groups excluding carboxylic acids is 2. The van der Waals surface area contributed by atoms with E-state index in [9.17, 15) is 9.59 Å². The number of fused-ring (bicyclic) bond motifs is 1. The summed E-state index contributed by atoms with van der Waals surface area (Å²) in [5.74, 6) is 0.285. The van der Waals surface area contributed by atoms with Crippen LogP contribution in [0.15, 0.2) is 29.2 Å². The Balaban J connectivity index is 1.61. The van der Waals surface area contributed by atoms with E-state index in [-0.39, 0.29) is 18.2 Å². The molecule has 120 valence electrons. The molecule has 0 spiro atoms. The Kier molecular flexibility index (Phi) is 4.92. The summed E-state index contributed by atoms with van der Waals surface area (Å²) in [4.78, 5) is 26.9. The average molecular weight is 348 g/mol. The van der Waals surface area contributed by atoms with E-state index < -0.39 is 0 Å². The molecule has 1 aliphatic heterocycles. The molecule has 3 rings (SSSR count). The van der Waals surface area contributed by atoms with E-state index in [0.717, 1.165) is 22.0 Å². The van der Waals surface area contributed by atoms with Crippen molar-refractivity contribution in [1.82, 2.24) is 10.2 Å². The van der Waals surface area contributed by atoms with E-state index in [2.05, 4.69) is 15.5 Å². The first kappa shape index (κ1) is 15.9. The van der Waals surface area contributed by atoms with Crippen molar-refractivity contribution >= 4 is 45.7 Å². The van der Waals surface area contributed by atoms with Crippen LogP contribution in [-0.4, -0.2) is 34.3 Å². The Bertz CT molecular complexity index is 732. The second kappa shape index (κ2) is 7.10. The average Bonchev–Trinajstić information content (AvgIpc) is 3.01. The van der Waals surface area contributed by atoms with Crippen molar-refractivity contribution in [2.24, 2.45) is 0 Å². The topological polar surface area (TPSA) is 75.2 Å². The fraction of sp³-hybridized carbons (Fsp3) is 0.333. The number of nitrogens with one attached hydrogen (secondary N) is 1. The largest absolute Gasteiger partial charge is 0.310 e. The summed E-state index contributed by atoms with van der Waals surface area (Å²) >= 11 is 2.91. The maximum absolute atomic E-state index is 12.1. The van der Waals surface area contributed by atoms with Crippen LogP contribution in [0, 0.1) is 0 Å². The molecule has 8 heteroatoms. The van der Waals surface area contributed by atoms with Crippen LogP contribution < -0.4 is 10.2 Å². The van der Waals surface area contributed by atoms with Gasteiger partial charge in [-0.25, -0.2) is 0 Å². The van der Waals surface area contributed by atoms with Gasteiger partial charge in [-0.3, -0.25) is 9.59 Å². The lowest BCUT2D eigenvalue weighted by Crippen LogP contribution is -2.37. The van der Waals surface area contributed by atoms with Crippen molar-refractivity contribution in [2.45, 2.75) is 24.7 Å². The third-order valence-electron chi connectivity index (χ3n) is 3.39. The van der Waals surface area contributed by atoms with E-state index in [4.69, 9.17) is 0 Å². The van der Waals surface area contributed by atoms with Crippen molar-refractivity contribution in [2.75, 3.05) is 22.5 Å². The molecule has 1 N–H and O–H groups in total. The summed E-state index contributed by atoms with van der Waals surface area (Å²) in [6.07, 6.45) is 1.02. The molecule has 0 saturated heterocycles. The van der Waals surface area contributed by atoms with E-state index in [1.54, 1.807) is 4.90 Å². The molecule has 0 aliphatic carbocycles. The van der Waals surface area contributed by atoms with Gasteiger partial charge in [0, 0.05) is 17.9 Å². The Hall–Kier alpha value is -1.93. The lowest BCUT2D eigenvalue weighted by Gasteiger charge is -2.28. The van der Waals surface area contributed by atoms with Gasteiger partial charge in [-0.05, 0) is 18.6 Å². The SMILES string of the molecule is CCc1nnc(NC(=O)CCN2C(=O)CSc3ccccc32)s1. The molecule has 0 bridgehead atoms. The van der Waals surface area contributed by atoms with Crippen LogP contribution in [0.2, 0.25) is 0 Å². The zero-order valence-corrected chi connectivity index (χ0v) is 14.2. The predicted molar refractivity (Wildman–Crippen MR) is 92.1 cm³/mol. The lowest BCUT2D eigenvalue weighted by atomic mass is 10.2. The third kappa shape index (κ3) is 3.70. The van der Waals surface area contributed by atoms with Crippen molar-refractivity contribution in [3.63, 3.8) is 0 Å². The third-order valence-corrected chi connectivity index (χ3v) is 5.42. The minimum absolute atomic E-state index is 0.0330. The highest BCUT2D eigenvalue weighted by molar-refractivity contribution is 8.00. The van der Waals surface area contributed by atoms with Gasteiger partial charge in [0.2, 0.25) is 16.9 Å². The van der Waals surface area contributed by atoms with Crippen molar-refractivity contribution < 1.29 is 9.59 Å². The lowest BCUT2D eigenvalue weighted by molar-refractivity contribution is -0.117. The first-order chi connectivity index (χ1) is 11.2. The highest BCUT2D eigenvalue weighted by Crippen LogP contribution is 2.34. The number of aryl methyl sites for hydroxylation is 1. The van der Waals surface area contributed by atoms with Crippen LogP contribution in [0.25, 0.3) is 0 Å². The van der Waals surface area contributed by atoms with Gasteiger partial charge in [-0.15, -0.1) is 22.0 Å². The van der Waals surface area contributed by atoms with E-state index in [0.29, 0.717) is 17.4 Å². The zero-order valence-electron chi connectivity index (χ0n) is 12.6. The number of hydrogen-bond donors (Lipinski definition) is 1. The van der Waals surface area contributed by atoms with Gasteiger partial charge >= 0.3 is 0 Å². The molecule has 1 aromatic heterocycles. The Morgan fingerprint density at radius 1 is 1.35 bits per heavy atom. The summed E-state index contributed by atoms with van der Waals surface area (Å²) in [7, 11) is 0. The maximum Gasteiger partial charge on any atom is 0.237 e. The van der Waals surface area contributed by atoms with Crippen LogP contribution >= 0.6 is 23.1 Å². The number of aromatic nitrogens is 2. The van der Waals surface area contributed by atoms with E-state index in [1.807, 2.05) is 31.2 Å². The van der Waals surface area contributed by atoms with Gasteiger partial charge in [-0.2, -0.15) is 0 Å². The molecular formula is C15H16N4O2S2. The van der Waals surface area contributed by atoms with Crippen LogP contribution in [-0.2, 0) is 16.0 Å². The van der Waals surface area contributed by atoms with Crippen molar-refractivity contribution in [1.29, 1.82) is 0 Å². The van der Waals surface area contributed by atoms with Gasteiger partial charge in [-0.1, -0.05) is 30.4 Å². The second-order valence-electron chi connectivity index (χ2n) is 4.95. The quantitative estimate of drug-likeness (QED) is 0.899. The molecule has 0 saturated carbocycles. The Labute approximate surface area is 142 Å². The molecule has 6 nitrogen and oxygen atoms in total. The van der Waals surface area contributed by atoms with Crippen LogP contribution in [0.3, 0.4) is 0 Å². The normalized spacial score (nSPS) is 13.8. The van der Waals surface area contributed by atoms with Gasteiger partial charge in [0.15, 0.2) is 0 Å². The number of carbonyl (C=O) groups is 2. The Morgan fingerprint density at radius 2 is 2.17 bits per heavy atom. The molecule has 0 radical (unpaired) electrons. The zero-order chi connectivity index (χ0) is 16.2. The summed E-state index contributed by atoms with van der Waals surface area (Å²) in [6.45, 7) is 2.35. The molecule has 23 heavy (non-hydrogen) atoms. The fourth-order valence-corrected chi connectivity index (χ4v) is 3.87. The first-order valence-electron chi connectivity index (χ1n) is 7.32. The van der Waals surface area contributed by atoms with E-state index >= 15 is 0 Å². The maximum atomic E-state index is 12.1. The number of anilines is 2. The summed E-state index contributed by atoms with van der Waals surface area (Å²) in [5.41, 5.74) is 0.880. The van der Waals surface area contributed by atoms with Crippen molar-refractivity contribution in [3.05, 3.63) is 29.3 Å². The van der Waals surface area contributed by atoms with Crippen LogP contribution in [0.1, 0.15) is 18.4 Å². The minimum Gasteiger partial charge on any atom is -0.310 e. The van der Waals surface area contributed by atoms with Crippen LogP contribution in [0.5, 0.6) is 0 Å². The van der Waals surface area contributed by atoms with Gasteiger partial charge in [0.25, 0.3) is 0 Å². The van der Waals surface area contributed by atoms with Crippen molar-refractivity contribution in [3.8, 4) is 0 Å². The number of hydrogen-bond acceptors (Lipinski definition) is 6. The molecule has 1 aromatic carbocycles. The highest BCUT2D eigenvalue weighted by atomic mass is 32.2. The summed E-state index contributed by atoms with van der Waals surface area (Å²) in [6, 6.07) is 7.76. The summed E-state index contributed by atoms with van der Waals surface area (Å²) < 4.78 is 0. The number of para-hydroxylation sites is 1. The number of benzene rings is 1. The second-order valence-corrected chi connectivity index (χ2v) is 7.03.